The van der Waals surface area contributed by atoms with E-state index in [-0.39, 0.29) is 0 Å². The summed E-state index contributed by atoms with van der Waals surface area (Å²) >= 11 is 0. The van der Waals surface area contributed by atoms with Crippen LogP contribution in [0.4, 0.5) is 11.5 Å². The molecular weight excluding hydrogens is 266 g/mol. The van der Waals surface area contributed by atoms with Gasteiger partial charge in [-0.1, -0.05) is 0 Å². The molecule has 1 aromatic heterocycles. The first-order valence-corrected chi connectivity index (χ1v) is 6.91. The fraction of sp³-hybridized carbons (Fsp3) is 0.312. The maximum absolute atomic E-state index is 5.69. The van der Waals surface area contributed by atoms with Gasteiger partial charge in [-0.3, -0.25) is 0 Å². The van der Waals surface area contributed by atoms with Gasteiger partial charge in [0.25, 0.3) is 0 Å². The fourth-order valence-electron chi connectivity index (χ4n) is 2.66. The van der Waals surface area contributed by atoms with Crippen molar-refractivity contribution in [2.75, 3.05) is 31.4 Å². The van der Waals surface area contributed by atoms with Crippen molar-refractivity contribution in [1.29, 1.82) is 0 Å². The Hall–Kier alpha value is -2.43. The summed E-state index contributed by atoms with van der Waals surface area (Å²) in [4.78, 5) is 6.64. The zero-order valence-electron chi connectivity index (χ0n) is 12.3. The molecule has 1 aliphatic heterocycles. The number of pyridine rings is 1. The summed E-state index contributed by atoms with van der Waals surface area (Å²) < 4.78 is 10.7. The number of rotatable bonds is 3. The summed E-state index contributed by atoms with van der Waals surface area (Å²) in [5, 5.41) is 0. The molecule has 0 aliphatic carbocycles. The molecule has 0 bridgehead atoms. The number of benzene rings is 1. The van der Waals surface area contributed by atoms with Gasteiger partial charge in [0.2, 0.25) is 0 Å². The van der Waals surface area contributed by atoms with E-state index in [0.29, 0.717) is 5.69 Å². The Kier molecular flexibility index (Phi) is 3.56. The van der Waals surface area contributed by atoms with E-state index in [9.17, 15) is 0 Å². The second-order valence-electron chi connectivity index (χ2n) is 5.10. The van der Waals surface area contributed by atoms with Crippen LogP contribution in [0, 0.1) is 0 Å². The lowest BCUT2D eigenvalue weighted by Gasteiger charge is -2.30. The van der Waals surface area contributed by atoms with Crippen LogP contribution in [-0.2, 0) is 13.0 Å². The Labute approximate surface area is 124 Å². The predicted octanol–water partition coefficient (Wildman–Crippen LogP) is 2.24. The Balaban J connectivity index is 1.89. The minimum Gasteiger partial charge on any atom is -0.493 e. The molecule has 0 saturated heterocycles. The average Bonchev–Trinajstić information content (AvgIpc) is 2.53. The third-order valence-corrected chi connectivity index (χ3v) is 3.81. The Morgan fingerprint density at radius 1 is 1.10 bits per heavy atom. The summed E-state index contributed by atoms with van der Waals surface area (Å²) in [6.07, 6.45) is 2.65. The molecule has 5 nitrogen and oxygen atoms in total. The van der Waals surface area contributed by atoms with Crippen molar-refractivity contribution < 1.29 is 9.47 Å². The summed E-state index contributed by atoms with van der Waals surface area (Å²) in [7, 11) is 3.32. The van der Waals surface area contributed by atoms with Gasteiger partial charge in [-0.25, -0.2) is 4.98 Å². The topological polar surface area (TPSA) is 60.6 Å². The Morgan fingerprint density at radius 2 is 1.81 bits per heavy atom. The molecule has 0 fully saturated rings. The van der Waals surface area contributed by atoms with E-state index in [4.69, 9.17) is 15.2 Å². The van der Waals surface area contributed by atoms with Gasteiger partial charge in [0.1, 0.15) is 5.82 Å². The first-order chi connectivity index (χ1) is 10.2. The number of anilines is 2. The number of nitrogen functional groups attached to an aromatic ring is 1. The molecule has 0 saturated carbocycles. The van der Waals surface area contributed by atoms with E-state index in [1.165, 1.54) is 11.1 Å². The molecule has 2 N–H and O–H groups in total. The standard InChI is InChI=1S/C16H19N3O2/c1-20-14-7-11-5-6-19(10-12(11)8-15(14)21-2)16-4-3-13(17)9-18-16/h3-4,7-9H,5-6,10,17H2,1-2H3. The van der Waals surface area contributed by atoms with E-state index < -0.39 is 0 Å². The molecule has 1 aliphatic rings. The lowest BCUT2D eigenvalue weighted by molar-refractivity contribution is 0.353. The van der Waals surface area contributed by atoms with E-state index >= 15 is 0 Å². The van der Waals surface area contributed by atoms with Crippen LogP contribution in [0.1, 0.15) is 11.1 Å². The zero-order valence-corrected chi connectivity index (χ0v) is 12.3. The van der Waals surface area contributed by atoms with Crippen LogP contribution in [0.15, 0.2) is 30.5 Å². The van der Waals surface area contributed by atoms with E-state index in [1.54, 1.807) is 20.4 Å². The van der Waals surface area contributed by atoms with Gasteiger partial charge in [-0.05, 0) is 41.8 Å². The Morgan fingerprint density at radius 3 is 2.43 bits per heavy atom. The third kappa shape index (κ3) is 2.59. The summed E-state index contributed by atoms with van der Waals surface area (Å²) in [5.74, 6) is 2.50. The first-order valence-electron chi connectivity index (χ1n) is 6.91. The number of hydrogen-bond donors (Lipinski definition) is 1. The molecule has 0 unspecified atom stereocenters. The number of nitrogens with zero attached hydrogens (tertiary/aromatic N) is 2. The van der Waals surface area contributed by atoms with Gasteiger partial charge < -0.3 is 20.1 Å². The van der Waals surface area contributed by atoms with Crippen LogP contribution in [0.5, 0.6) is 11.5 Å². The molecule has 110 valence electrons. The van der Waals surface area contributed by atoms with Crippen LogP contribution < -0.4 is 20.1 Å². The average molecular weight is 285 g/mol. The highest BCUT2D eigenvalue weighted by Gasteiger charge is 2.20. The van der Waals surface area contributed by atoms with Gasteiger partial charge in [-0.15, -0.1) is 0 Å². The summed E-state index contributed by atoms with van der Waals surface area (Å²) in [6, 6.07) is 7.97. The van der Waals surface area contributed by atoms with Crippen LogP contribution in [0.2, 0.25) is 0 Å². The molecule has 0 amide bonds. The molecule has 21 heavy (non-hydrogen) atoms. The van der Waals surface area contributed by atoms with Gasteiger partial charge >= 0.3 is 0 Å². The van der Waals surface area contributed by atoms with Crippen molar-refractivity contribution in [3.63, 3.8) is 0 Å². The van der Waals surface area contributed by atoms with Crippen molar-refractivity contribution >= 4 is 11.5 Å². The smallest absolute Gasteiger partial charge is 0.161 e. The van der Waals surface area contributed by atoms with Crippen LogP contribution in [0.3, 0.4) is 0 Å². The number of nitrogens with two attached hydrogens (primary N) is 1. The molecule has 5 heteroatoms. The minimum absolute atomic E-state index is 0.683. The third-order valence-electron chi connectivity index (χ3n) is 3.81. The zero-order chi connectivity index (χ0) is 14.8. The molecule has 2 aromatic rings. The summed E-state index contributed by atoms with van der Waals surface area (Å²) in [5.41, 5.74) is 8.93. The van der Waals surface area contributed by atoms with Crippen LogP contribution >= 0.6 is 0 Å². The van der Waals surface area contributed by atoms with Crippen molar-refractivity contribution in [1.82, 2.24) is 4.98 Å². The Bertz CT molecular complexity index is 641. The maximum Gasteiger partial charge on any atom is 0.161 e. The lowest BCUT2D eigenvalue weighted by Crippen LogP contribution is -2.31. The van der Waals surface area contributed by atoms with Gasteiger partial charge in [0, 0.05) is 13.1 Å². The van der Waals surface area contributed by atoms with E-state index in [0.717, 1.165) is 36.8 Å². The maximum atomic E-state index is 5.69. The summed E-state index contributed by atoms with van der Waals surface area (Å²) in [6.45, 7) is 1.74. The van der Waals surface area contributed by atoms with Crippen molar-refractivity contribution in [2.24, 2.45) is 0 Å². The molecular formula is C16H19N3O2. The quantitative estimate of drug-likeness (QED) is 0.937. The van der Waals surface area contributed by atoms with Crippen molar-refractivity contribution in [2.45, 2.75) is 13.0 Å². The lowest BCUT2D eigenvalue weighted by atomic mass is 9.99. The molecule has 3 rings (SSSR count). The van der Waals surface area contributed by atoms with Gasteiger partial charge in [-0.2, -0.15) is 0 Å². The van der Waals surface area contributed by atoms with Crippen LogP contribution in [0.25, 0.3) is 0 Å². The second kappa shape index (κ2) is 5.52. The first kappa shape index (κ1) is 13.5. The highest BCUT2D eigenvalue weighted by molar-refractivity contribution is 5.52. The van der Waals surface area contributed by atoms with Crippen molar-refractivity contribution in [3.05, 3.63) is 41.6 Å². The second-order valence-corrected chi connectivity index (χ2v) is 5.10. The highest BCUT2D eigenvalue weighted by Crippen LogP contribution is 2.34. The largest absolute Gasteiger partial charge is 0.493 e. The fourth-order valence-corrected chi connectivity index (χ4v) is 2.66. The van der Waals surface area contributed by atoms with Gasteiger partial charge in [0.05, 0.1) is 26.1 Å². The van der Waals surface area contributed by atoms with Gasteiger partial charge in [0.15, 0.2) is 11.5 Å². The van der Waals surface area contributed by atoms with Crippen molar-refractivity contribution in [3.8, 4) is 11.5 Å². The number of hydrogen-bond acceptors (Lipinski definition) is 5. The normalized spacial score (nSPS) is 13.7. The minimum atomic E-state index is 0.683. The molecule has 0 radical (unpaired) electrons. The molecule has 0 spiro atoms. The number of fused-ring (bicyclic) bond motifs is 1. The predicted molar refractivity (Wildman–Crippen MR) is 82.9 cm³/mol. The monoisotopic (exact) mass is 285 g/mol. The molecule has 1 aromatic carbocycles. The van der Waals surface area contributed by atoms with E-state index in [1.807, 2.05) is 12.1 Å². The number of aromatic nitrogens is 1. The number of ether oxygens (including phenoxy) is 2. The molecule has 2 heterocycles. The number of methoxy groups -OCH3 is 2. The highest BCUT2D eigenvalue weighted by atomic mass is 16.5. The molecule has 0 atom stereocenters. The van der Waals surface area contributed by atoms with Crippen LogP contribution in [-0.4, -0.2) is 25.7 Å². The SMILES string of the molecule is COc1cc2c(cc1OC)CN(c1ccc(N)cn1)CC2. The van der Waals surface area contributed by atoms with E-state index in [2.05, 4.69) is 22.0 Å².